The monoisotopic (exact) mass is 144 g/mol. The second-order valence-electron chi connectivity index (χ2n) is 1.18. The smallest absolute Gasteiger partial charge is 0.0688 e. The Bertz CT molecular complexity index is 93.9. The van der Waals surface area contributed by atoms with E-state index in [1.807, 2.05) is 18.2 Å². The van der Waals surface area contributed by atoms with Crippen molar-refractivity contribution in [1.82, 2.24) is 4.98 Å². The van der Waals surface area contributed by atoms with Crippen molar-refractivity contribution in [3.05, 3.63) is 30.6 Å². The third kappa shape index (κ3) is 7.40. The van der Waals surface area contributed by atoms with Crippen LogP contribution in [0.4, 0.5) is 0 Å². The molecule has 0 aliphatic rings. The van der Waals surface area contributed by atoms with Crippen molar-refractivity contribution in [1.29, 1.82) is 0 Å². The molecule has 0 radical (unpaired) electrons. The molecule has 50 valence electrons. The van der Waals surface area contributed by atoms with Gasteiger partial charge in [0.05, 0.1) is 6.00 Å². The molecule has 2 N–H and O–H groups in total. The largest absolute Gasteiger partial charge is 0.318 e. The zero-order chi connectivity index (χ0) is 6.95. The summed E-state index contributed by atoms with van der Waals surface area (Å²) in [6.45, 7) is 0. The minimum absolute atomic E-state index is 0.222. The maximum Gasteiger partial charge on any atom is 0.0688 e. The summed E-state index contributed by atoms with van der Waals surface area (Å²) in [5, 5.41) is 0. The number of hydrogen-bond acceptors (Lipinski definition) is 2. The first-order chi connectivity index (χ1) is 4.41. The van der Waals surface area contributed by atoms with Crippen LogP contribution in [0.3, 0.4) is 0 Å². The summed E-state index contributed by atoms with van der Waals surface area (Å²) in [7, 11) is 0. The lowest BCUT2D eigenvalue weighted by molar-refractivity contribution is 1.33. The van der Waals surface area contributed by atoms with Gasteiger partial charge in [0, 0.05) is 12.4 Å². The second kappa shape index (κ2) is 7.40. The minimum Gasteiger partial charge on any atom is -0.318 e. The molecule has 1 heterocycles. The lowest BCUT2D eigenvalue weighted by atomic mass is 10.5. The van der Waals surface area contributed by atoms with E-state index in [9.17, 15) is 0 Å². The zero-order valence-electron chi connectivity index (χ0n) is 5.00. The first-order valence-electron chi connectivity index (χ1n) is 2.53. The van der Waals surface area contributed by atoms with Crippen molar-refractivity contribution in [2.75, 3.05) is 6.00 Å². The van der Waals surface area contributed by atoms with Gasteiger partial charge in [-0.05, 0) is 12.1 Å². The fourth-order valence-corrected chi connectivity index (χ4v) is 0.313. The second-order valence-corrected chi connectivity index (χ2v) is 1.49. The highest BCUT2D eigenvalue weighted by Crippen LogP contribution is 1.73. The van der Waals surface area contributed by atoms with Gasteiger partial charge in [-0.25, -0.2) is 0 Å². The van der Waals surface area contributed by atoms with Crippen LogP contribution >= 0.6 is 11.6 Å². The van der Waals surface area contributed by atoms with Gasteiger partial charge < -0.3 is 5.73 Å². The minimum atomic E-state index is 0.222. The van der Waals surface area contributed by atoms with Gasteiger partial charge in [0.15, 0.2) is 0 Å². The van der Waals surface area contributed by atoms with Crippen LogP contribution in [0.25, 0.3) is 0 Å². The van der Waals surface area contributed by atoms with Crippen LogP contribution in [0.15, 0.2) is 30.6 Å². The first kappa shape index (κ1) is 8.40. The van der Waals surface area contributed by atoms with Crippen molar-refractivity contribution in [2.24, 2.45) is 5.73 Å². The van der Waals surface area contributed by atoms with E-state index in [1.165, 1.54) is 0 Å². The molecule has 0 fully saturated rings. The fourth-order valence-electron chi connectivity index (χ4n) is 0.313. The maximum atomic E-state index is 4.78. The van der Waals surface area contributed by atoms with E-state index in [0.717, 1.165) is 0 Å². The predicted octanol–water partition coefficient (Wildman–Crippen LogP) is 1.22. The Labute approximate surface area is 59.7 Å². The van der Waals surface area contributed by atoms with Crippen LogP contribution in [0.5, 0.6) is 0 Å². The molecule has 0 aliphatic carbocycles. The Balaban J connectivity index is 0.000000187. The van der Waals surface area contributed by atoms with Crippen LogP contribution in [0, 0.1) is 0 Å². The Morgan fingerprint density at radius 3 is 1.78 bits per heavy atom. The summed E-state index contributed by atoms with van der Waals surface area (Å²) in [4.78, 5) is 3.78. The highest BCUT2D eigenvalue weighted by atomic mass is 35.5. The molecule has 0 amide bonds. The lowest BCUT2D eigenvalue weighted by Gasteiger charge is -1.70. The van der Waals surface area contributed by atoms with Crippen molar-refractivity contribution >= 4 is 11.6 Å². The van der Waals surface area contributed by atoms with Gasteiger partial charge in [0.25, 0.3) is 0 Å². The first-order valence-corrected chi connectivity index (χ1v) is 3.06. The SMILES string of the molecule is NCCl.c1ccncc1. The van der Waals surface area contributed by atoms with Gasteiger partial charge in [-0.1, -0.05) is 6.07 Å². The summed E-state index contributed by atoms with van der Waals surface area (Å²) in [6.07, 6.45) is 3.50. The van der Waals surface area contributed by atoms with Crippen molar-refractivity contribution in [3.8, 4) is 0 Å². The van der Waals surface area contributed by atoms with E-state index in [-0.39, 0.29) is 6.00 Å². The average molecular weight is 145 g/mol. The molecule has 0 bridgehead atoms. The molecule has 1 rings (SSSR count). The molecule has 1 aromatic heterocycles. The van der Waals surface area contributed by atoms with Gasteiger partial charge in [-0.2, -0.15) is 0 Å². The molecule has 2 nitrogen and oxygen atoms in total. The molecular weight excluding hydrogens is 136 g/mol. The van der Waals surface area contributed by atoms with Gasteiger partial charge in [-0.3, -0.25) is 4.98 Å². The van der Waals surface area contributed by atoms with E-state index in [0.29, 0.717) is 0 Å². The van der Waals surface area contributed by atoms with Gasteiger partial charge in [-0.15, -0.1) is 11.6 Å². The van der Waals surface area contributed by atoms with E-state index in [1.54, 1.807) is 12.4 Å². The average Bonchev–Trinajstić information content (AvgIpc) is 1.93. The molecule has 0 aliphatic heterocycles. The van der Waals surface area contributed by atoms with Crippen molar-refractivity contribution < 1.29 is 0 Å². The summed E-state index contributed by atoms with van der Waals surface area (Å²) in [6, 6.07) is 5.94. The number of alkyl halides is 1. The normalized spacial score (nSPS) is 7.33. The Hall–Kier alpha value is -0.600. The number of pyridine rings is 1. The number of aromatic nitrogens is 1. The molecule has 9 heavy (non-hydrogen) atoms. The number of hydrogen-bond donors (Lipinski definition) is 1. The standard InChI is InChI=1S/C5H5N.CH4ClN/c1-2-4-6-5-3-1;2-1-3/h1-5H;1,3H2. The van der Waals surface area contributed by atoms with E-state index in [4.69, 9.17) is 11.6 Å². The van der Waals surface area contributed by atoms with Crippen molar-refractivity contribution in [2.45, 2.75) is 0 Å². The molecule has 0 saturated heterocycles. The van der Waals surface area contributed by atoms with Gasteiger partial charge in [0.1, 0.15) is 0 Å². The fraction of sp³-hybridized carbons (Fsp3) is 0.167. The summed E-state index contributed by atoms with van der Waals surface area (Å²) >= 11 is 4.78. The lowest BCUT2D eigenvalue weighted by Crippen LogP contribution is -1.83. The summed E-state index contributed by atoms with van der Waals surface area (Å²) in [5.41, 5.74) is 4.61. The molecule has 1 aromatic rings. The highest BCUT2D eigenvalue weighted by Gasteiger charge is 1.58. The molecule has 3 heteroatoms. The van der Waals surface area contributed by atoms with Gasteiger partial charge in [0.2, 0.25) is 0 Å². The van der Waals surface area contributed by atoms with E-state index in [2.05, 4.69) is 10.7 Å². The summed E-state index contributed by atoms with van der Waals surface area (Å²) < 4.78 is 0. The van der Waals surface area contributed by atoms with Crippen LogP contribution in [-0.4, -0.2) is 11.0 Å². The van der Waals surface area contributed by atoms with Crippen LogP contribution in [0.1, 0.15) is 0 Å². The maximum absolute atomic E-state index is 4.78. The van der Waals surface area contributed by atoms with Crippen molar-refractivity contribution in [3.63, 3.8) is 0 Å². The van der Waals surface area contributed by atoms with Crippen LogP contribution in [0.2, 0.25) is 0 Å². The number of halogens is 1. The van der Waals surface area contributed by atoms with E-state index < -0.39 is 0 Å². The quantitative estimate of drug-likeness (QED) is 0.439. The molecule has 0 spiro atoms. The van der Waals surface area contributed by atoms with Gasteiger partial charge >= 0.3 is 0 Å². The predicted molar refractivity (Wildman–Crippen MR) is 39.1 cm³/mol. The molecule has 0 atom stereocenters. The molecule has 0 aromatic carbocycles. The number of nitrogens with two attached hydrogens (primary N) is 1. The Kier molecular flexibility index (Phi) is 6.91. The number of rotatable bonds is 0. The van der Waals surface area contributed by atoms with Crippen LogP contribution < -0.4 is 5.73 Å². The molecule has 0 saturated carbocycles. The Morgan fingerprint density at radius 1 is 1.22 bits per heavy atom. The summed E-state index contributed by atoms with van der Waals surface area (Å²) in [5.74, 6) is 0. The molecular formula is C6H9ClN2. The third-order valence-electron chi connectivity index (χ3n) is 0.566. The molecule has 0 unspecified atom stereocenters. The topological polar surface area (TPSA) is 38.9 Å². The van der Waals surface area contributed by atoms with Crippen LogP contribution in [-0.2, 0) is 0 Å². The Morgan fingerprint density at radius 2 is 1.67 bits per heavy atom. The van der Waals surface area contributed by atoms with E-state index >= 15 is 0 Å². The number of nitrogens with zero attached hydrogens (tertiary/aromatic N) is 1. The third-order valence-corrected chi connectivity index (χ3v) is 0.566. The zero-order valence-corrected chi connectivity index (χ0v) is 5.75. The highest BCUT2D eigenvalue weighted by molar-refractivity contribution is 6.17.